The van der Waals surface area contributed by atoms with Crippen molar-refractivity contribution in [2.45, 2.75) is 44.8 Å². The van der Waals surface area contributed by atoms with Crippen molar-refractivity contribution in [3.05, 3.63) is 64.7 Å². The van der Waals surface area contributed by atoms with Crippen LogP contribution in [0.25, 0.3) is 0 Å². The standard InChI is InChI=1S/C28H33ClN4O4/c1-17(2)15-22(30-26(35)18-7-11-21(12-8-18)31(3)4)28(37)32-14-13-23-25(32)24(34)16-33(23)27(36)19-5-9-20(29)10-6-19/h5-12,17,22-23,25H,13-16H2,1-4H3,(H,30,35)/t22-,23+,25-/m0/s1. The maximum absolute atomic E-state index is 13.7. The van der Waals surface area contributed by atoms with E-state index >= 15 is 0 Å². The van der Waals surface area contributed by atoms with Gasteiger partial charge in [-0.1, -0.05) is 25.4 Å². The van der Waals surface area contributed by atoms with Gasteiger partial charge in [0.1, 0.15) is 12.1 Å². The van der Waals surface area contributed by atoms with E-state index in [1.807, 2.05) is 45.0 Å². The second kappa shape index (κ2) is 10.9. The normalized spacial score (nSPS) is 19.7. The van der Waals surface area contributed by atoms with Gasteiger partial charge in [-0.25, -0.2) is 0 Å². The molecule has 2 aromatic carbocycles. The molecule has 196 valence electrons. The Kier molecular flexibility index (Phi) is 7.87. The summed E-state index contributed by atoms with van der Waals surface area (Å²) in [5.74, 6) is -0.885. The Morgan fingerprint density at radius 1 is 1.00 bits per heavy atom. The highest BCUT2D eigenvalue weighted by molar-refractivity contribution is 6.30. The topological polar surface area (TPSA) is 90.0 Å². The largest absolute Gasteiger partial charge is 0.378 e. The Balaban J connectivity index is 1.49. The minimum absolute atomic E-state index is 0.0417. The Labute approximate surface area is 222 Å². The van der Waals surface area contributed by atoms with Crippen molar-refractivity contribution >= 4 is 40.8 Å². The quantitative estimate of drug-likeness (QED) is 0.600. The highest BCUT2D eigenvalue weighted by Crippen LogP contribution is 2.32. The van der Waals surface area contributed by atoms with Crippen LogP contribution in [0.4, 0.5) is 5.69 Å². The lowest BCUT2D eigenvalue weighted by atomic mass is 10.0. The number of benzene rings is 2. The second-order valence-electron chi connectivity index (χ2n) is 10.3. The number of rotatable bonds is 7. The van der Waals surface area contributed by atoms with E-state index in [2.05, 4.69) is 5.32 Å². The van der Waals surface area contributed by atoms with E-state index in [0.29, 0.717) is 35.5 Å². The number of amides is 3. The van der Waals surface area contributed by atoms with Crippen LogP contribution in [0.2, 0.25) is 5.02 Å². The molecule has 8 nitrogen and oxygen atoms in total. The number of carbonyl (C=O) groups excluding carboxylic acids is 4. The van der Waals surface area contributed by atoms with E-state index < -0.39 is 12.1 Å². The minimum Gasteiger partial charge on any atom is -0.378 e. The van der Waals surface area contributed by atoms with Gasteiger partial charge in [0.15, 0.2) is 5.78 Å². The van der Waals surface area contributed by atoms with Crippen LogP contribution in [0.15, 0.2) is 48.5 Å². The Morgan fingerprint density at radius 2 is 1.62 bits per heavy atom. The maximum atomic E-state index is 13.7. The number of nitrogens with zero attached hydrogens (tertiary/aromatic N) is 3. The lowest BCUT2D eigenvalue weighted by molar-refractivity contribution is -0.138. The number of likely N-dealkylation sites (tertiary alicyclic amines) is 2. The number of halogens is 1. The van der Waals surface area contributed by atoms with Crippen LogP contribution in [0.3, 0.4) is 0 Å². The number of fused-ring (bicyclic) bond motifs is 1. The third kappa shape index (κ3) is 5.64. The maximum Gasteiger partial charge on any atom is 0.254 e. The van der Waals surface area contributed by atoms with Gasteiger partial charge in [0.05, 0.1) is 12.6 Å². The molecule has 0 bridgehead atoms. The van der Waals surface area contributed by atoms with Gasteiger partial charge in [-0.3, -0.25) is 19.2 Å². The van der Waals surface area contributed by atoms with Gasteiger partial charge >= 0.3 is 0 Å². The number of hydrogen-bond donors (Lipinski definition) is 1. The fourth-order valence-corrected chi connectivity index (χ4v) is 5.27. The molecule has 37 heavy (non-hydrogen) atoms. The van der Waals surface area contributed by atoms with Crippen LogP contribution in [0.1, 0.15) is 47.4 Å². The molecular weight excluding hydrogens is 492 g/mol. The van der Waals surface area contributed by atoms with E-state index in [1.54, 1.807) is 46.2 Å². The van der Waals surface area contributed by atoms with Crippen LogP contribution < -0.4 is 10.2 Å². The summed E-state index contributed by atoms with van der Waals surface area (Å²) in [6.07, 6.45) is 0.950. The Morgan fingerprint density at radius 3 is 2.22 bits per heavy atom. The van der Waals surface area contributed by atoms with Crippen LogP contribution in [0.5, 0.6) is 0 Å². The fourth-order valence-electron chi connectivity index (χ4n) is 5.14. The highest BCUT2D eigenvalue weighted by atomic mass is 35.5. The average Bonchev–Trinajstić information content (AvgIpc) is 3.44. The lowest BCUT2D eigenvalue weighted by Gasteiger charge is -2.29. The summed E-state index contributed by atoms with van der Waals surface area (Å²) in [7, 11) is 3.84. The first kappa shape index (κ1) is 26.7. The number of nitrogens with one attached hydrogen (secondary N) is 1. The Bertz CT molecular complexity index is 1180. The zero-order valence-electron chi connectivity index (χ0n) is 21.6. The first-order valence-corrected chi connectivity index (χ1v) is 12.9. The lowest BCUT2D eigenvalue weighted by Crippen LogP contribution is -2.53. The van der Waals surface area contributed by atoms with E-state index in [-0.39, 0.29) is 42.0 Å². The smallest absolute Gasteiger partial charge is 0.254 e. The van der Waals surface area contributed by atoms with Crippen molar-refractivity contribution in [1.29, 1.82) is 0 Å². The van der Waals surface area contributed by atoms with Crippen molar-refractivity contribution in [3.8, 4) is 0 Å². The molecule has 0 unspecified atom stereocenters. The van der Waals surface area contributed by atoms with Gasteiger partial charge in [0.25, 0.3) is 11.8 Å². The molecule has 2 aromatic rings. The van der Waals surface area contributed by atoms with Gasteiger partial charge < -0.3 is 20.0 Å². The monoisotopic (exact) mass is 524 g/mol. The molecule has 0 aromatic heterocycles. The predicted molar refractivity (Wildman–Crippen MR) is 143 cm³/mol. The number of anilines is 1. The van der Waals surface area contributed by atoms with Crippen LogP contribution >= 0.6 is 11.6 Å². The number of carbonyl (C=O) groups is 4. The molecule has 0 radical (unpaired) electrons. The van der Waals surface area contributed by atoms with Gasteiger partial charge in [0.2, 0.25) is 5.91 Å². The molecule has 2 heterocycles. The molecule has 3 amide bonds. The summed E-state index contributed by atoms with van der Waals surface area (Å²) < 4.78 is 0. The number of Topliss-reactive ketones (excluding diaryl/α,β-unsaturated/α-hetero) is 1. The van der Waals surface area contributed by atoms with E-state index in [9.17, 15) is 19.2 Å². The molecule has 2 saturated heterocycles. The molecule has 3 atom stereocenters. The minimum atomic E-state index is -0.770. The summed E-state index contributed by atoms with van der Waals surface area (Å²) in [6.45, 7) is 4.28. The molecule has 1 N–H and O–H groups in total. The number of ketones is 1. The molecule has 0 spiro atoms. The van der Waals surface area contributed by atoms with Crippen LogP contribution in [-0.2, 0) is 9.59 Å². The molecule has 4 rings (SSSR count). The van der Waals surface area contributed by atoms with Crippen molar-refractivity contribution < 1.29 is 19.2 Å². The van der Waals surface area contributed by atoms with Gasteiger partial charge in [-0.15, -0.1) is 0 Å². The van der Waals surface area contributed by atoms with Crippen molar-refractivity contribution in [1.82, 2.24) is 15.1 Å². The summed E-state index contributed by atoms with van der Waals surface area (Å²) in [5, 5.41) is 3.43. The second-order valence-corrected chi connectivity index (χ2v) is 10.8. The van der Waals surface area contributed by atoms with E-state index in [4.69, 9.17) is 11.6 Å². The first-order chi connectivity index (χ1) is 17.6. The SMILES string of the molecule is CC(C)C[C@H](NC(=O)c1ccc(N(C)C)cc1)C(=O)N1CC[C@@H]2[C@H]1C(=O)CN2C(=O)c1ccc(Cl)cc1. The highest BCUT2D eigenvalue weighted by Gasteiger charge is 2.52. The molecule has 2 aliphatic heterocycles. The molecule has 0 aliphatic carbocycles. The van der Waals surface area contributed by atoms with Gasteiger partial charge in [-0.2, -0.15) is 0 Å². The van der Waals surface area contributed by atoms with Gasteiger partial charge in [0, 0.05) is 42.5 Å². The van der Waals surface area contributed by atoms with Crippen LogP contribution in [-0.4, -0.2) is 78.6 Å². The summed E-state index contributed by atoms with van der Waals surface area (Å²) in [5.41, 5.74) is 1.88. The molecular formula is C28H33ClN4O4. The third-order valence-corrected chi connectivity index (χ3v) is 7.27. The molecule has 2 fully saturated rings. The van der Waals surface area contributed by atoms with Crippen molar-refractivity contribution in [2.75, 3.05) is 32.1 Å². The number of hydrogen-bond acceptors (Lipinski definition) is 5. The van der Waals surface area contributed by atoms with Crippen LogP contribution in [0, 0.1) is 5.92 Å². The summed E-state index contributed by atoms with van der Waals surface area (Å²) in [4.78, 5) is 58.0. The van der Waals surface area contributed by atoms with Gasteiger partial charge in [-0.05, 0) is 67.3 Å². The Hall–Kier alpha value is -3.39. The third-order valence-electron chi connectivity index (χ3n) is 7.01. The average molecular weight is 525 g/mol. The van der Waals surface area contributed by atoms with E-state index in [1.165, 1.54) is 0 Å². The van der Waals surface area contributed by atoms with E-state index in [0.717, 1.165) is 5.69 Å². The molecule has 0 saturated carbocycles. The van der Waals surface area contributed by atoms with Crippen molar-refractivity contribution in [2.24, 2.45) is 5.92 Å². The summed E-state index contributed by atoms with van der Waals surface area (Å²) in [6, 6.07) is 11.9. The predicted octanol–water partition coefficient (Wildman–Crippen LogP) is 3.25. The zero-order chi connectivity index (χ0) is 26.9. The zero-order valence-corrected chi connectivity index (χ0v) is 22.4. The first-order valence-electron chi connectivity index (χ1n) is 12.5. The van der Waals surface area contributed by atoms with Crippen molar-refractivity contribution in [3.63, 3.8) is 0 Å². The molecule has 2 aliphatic rings. The fraction of sp³-hybridized carbons (Fsp3) is 0.429. The summed E-state index contributed by atoms with van der Waals surface area (Å²) >= 11 is 5.95. The molecule has 9 heteroatoms.